The van der Waals surface area contributed by atoms with Gasteiger partial charge in [-0.1, -0.05) is 24.3 Å². The highest BCUT2D eigenvalue weighted by Gasteiger charge is 2.08. The fraction of sp³-hybridized carbons (Fsp3) is 0.278. The Morgan fingerprint density at radius 1 is 1.17 bits per heavy atom. The summed E-state index contributed by atoms with van der Waals surface area (Å²) in [6.07, 6.45) is 2.40. The van der Waals surface area contributed by atoms with Crippen LogP contribution in [0.4, 0.5) is 10.1 Å². The fourth-order valence-electron chi connectivity index (χ4n) is 2.23. The van der Waals surface area contributed by atoms with E-state index in [-0.39, 0.29) is 11.7 Å². The van der Waals surface area contributed by atoms with E-state index in [4.69, 9.17) is 0 Å². The Morgan fingerprint density at radius 3 is 2.57 bits per heavy atom. The second-order valence-corrected chi connectivity index (χ2v) is 6.21. The van der Waals surface area contributed by atoms with Crippen molar-refractivity contribution in [2.45, 2.75) is 17.9 Å². The van der Waals surface area contributed by atoms with Crippen molar-refractivity contribution in [3.05, 3.63) is 59.9 Å². The third-order valence-electron chi connectivity index (χ3n) is 3.47. The lowest BCUT2D eigenvalue weighted by atomic mass is 10.2. The van der Waals surface area contributed by atoms with Gasteiger partial charge in [0.1, 0.15) is 5.82 Å². The van der Waals surface area contributed by atoms with Gasteiger partial charge in [0.15, 0.2) is 0 Å². The quantitative estimate of drug-likeness (QED) is 0.778. The van der Waals surface area contributed by atoms with Crippen molar-refractivity contribution in [3.8, 4) is 0 Å². The molecule has 0 atom stereocenters. The number of thioether (sulfide) groups is 1. The topological polar surface area (TPSA) is 32.3 Å². The van der Waals surface area contributed by atoms with Gasteiger partial charge in [0.25, 0.3) is 0 Å². The van der Waals surface area contributed by atoms with Crippen LogP contribution in [-0.4, -0.2) is 30.7 Å². The van der Waals surface area contributed by atoms with Gasteiger partial charge in [-0.05, 0) is 43.1 Å². The van der Waals surface area contributed by atoms with Crippen LogP contribution in [0.2, 0.25) is 0 Å². The highest BCUT2D eigenvalue weighted by molar-refractivity contribution is 7.98. The van der Waals surface area contributed by atoms with Gasteiger partial charge in [0.05, 0.1) is 5.69 Å². The number of carbonyl (C=O) groups is 1. The fourth-order valence-corrected chi connectivity index (χ4v) is 2.79. The zero-order chi connectivity index (χ0) is 16.7. The molecule has 0 aliphatic heterocycles. The molecule has 0 saturated heterocycles. The molecule has 0 aliphatic carbocycles. The molecular weight excluding hydrogens is 311 g/mol. The van der Waals surface area contributed by atoms with E-state index in [1.165, 1.54) is 12.1 Å². The average molecular weight is 332 g/mol. The maximum Gasteiger partial charge on any atom is 0.225 e. The van der Waals surface area contributed by atoms with E-state index in [0.717, 1.165) is 16.1 Å². The Hall–Kier alpha value is -1.85. The number of hydrogen-bond donors (Lipinski definition) is 1. The van der Waals surface area contributed by atoms with Crippen LogP contribution in [0.15, 0.2) is 53.4 Å². The molecule has 0 fully saturated rings. The minimum absolute atomic E-state index is 0.00236. The number of rotatable bonds is 7. The van der Waals surface area contributed by atoms with Crippen molar-refractivity contribution in [2.75, 3.05) is 25.2 Å². The molecule has 2 aromatic rings. The molecule has 122 valence electrons. The standard InChI is InChI=1S/C18H21FN2OS/c1-21(13-14-7-9-15(19)10-8-14)12-11-18(22)20-16-5-3-4-6-17(16)23-2/h3-10H,11-13H2,1-2H3,(H,20,22). The Labute approximate surface area is 140 Å². The highest BCUT2D eigenvalue weighted by atomic mass is 32.2. The number of benzene rings is 2. The maximum absolute atomic E-state index is 12.9. The van der Waals surface area contributed by atoms with Gasteiger partial charge in [0.2, 0.25) is 5.91 Å². The largest absolute Gasteiger partial charge is 0.325 e. The Balaban J connectivity index is 1.80. The van der Waals surface area contributed by atoms with Crippen LogP contribution in [0.3, 0.4) is 0 Å². The highest BCUT2D eigenvalue weighted by Crippen LogP contribution is 2.24. The molecule has 5 heteroatoms. The summed E-state index contributed by atoms with van der Waals surface area (Å²) < 4.78 is 12.9. The number of anilines is 1. The van der Waals surface area contributed by atoms with E-state index in [9.17, 15) is 9.18 Å². The molecule has 3 nitrogen and oxygen atoms in total. The van der Waals surface area contributed by atoms with E-state index in [1.807, 2.05) is 42.5 Å². The summed E-state index contributed by atoms with van der Waals surface area (Å²) in [6, 6.07) is 14.2. The maximum atomic E-state index is 12.9. The first-order chi connectivity index (χ1) is 11.1. The summed E-state index contributed by atoms with van der Waals surface area (Å²) in [4.78, 5) is 15.2. The Bertz CT molecular complexity index is 646. The molecule has 23 heavy (non-hydrogen) atoms. The summed E-state index contributed by atoms with van der Waals surface area (Å²) in [7, 11) is 1.95. The van der Waals surface area contributed by atoms with Crippen molar-refractivity contribution < 1.29 is 9.18 Å². The first-order valence-corrected chi connectivity index (χ1v) is 8.67. The van der Waals surface area contributed by atoms with Gasteiger partial charge in [-0.2, -0.15) is 0 Å². The van der Waals surface area contributed by atoms with Crippen LogP contribution in [0.5, 0.6) is 0 Å². The lowest BCUT2D eigenvalue weighted by Gasteiger charge is -2.17. The van der Waals surface area contributed by atoms with Crippen LogP contribution < -0.4 is 5.32 Å². The third-order valence-corrected chi connectivity index (χ3v) is 4.26. The number of amides is 1. The molecule has 0 unspecified atom stereocenters. The van der Waals surface area contributed by atoms with Crippen LogP contribution in [0.1, 0.15) is 12.0 Å². The van der Waals surface area contributed by atoms with Crippen molar-refractivity contribution in [1.82, 2.24) is 4.90 Å². The number of nitrogens with one attached hydrogen (secondary N) is 1. The Kier molecular flexibility index (Phi) is 6.62. The first-order valence-electron chi connectivity index (χ1n) is 7.44. The summed E-state index contributed by atoms with van der Waals surface area (Å²) in [5.74, 6) is -0.235. The second kappa shape index (κ2) is 8.70. The van der Waals surface area contributed by atoms with Crippen molar-refractivity contribution in [1.29, 1.82) is 0 Å². The predicted molar refractivity (Wildman–Crippen MR) is 94.2 cm³/mol. The lowest BCUT2D eigenvalue weighted by Crippen LogP contribution is -2.24. The molecule has 0 saturated carbocycles. The molecule has 0 bridgehead atoms. The molecule has 0 aromatic heterocycles. The zero-order valence-electron chi connectivity index (χ0n) is 13.4. The number of para-hydroxylation sites is 1. The molecule has 2 rings (SSSR count). The van der Waals surface area contributed by atoms with Crippen molar-refractivity contribution in [2.24, 2.45) is 0 Å². The molecule has 2 aromatic carbocycles. The van der Waals surface area contributed by atoms with E-state index < -0.39 is 0 Å². The van der Waals surface area contributed by atoms with E-state index in [2.05, 4.69) is 5.32 Å². The SMILES string of the molecule is CSc1ccccc1NC(=O)CCN(C)Cc1ccc(F)cc1. The number of nitrogens with zero attached hydrogens (tertiary/aromatic N) is 1. The first kappa shape index (κ1) is 17.5. The molecule has 1 N–H and O–H groups in total. The normalized spacial score (nSPS) is 10.8. The smallest absolute Gasteiger partial charge is 0.225 e. The monoisotopic (exact) mass is 332 g/mol. The number of hydrogen-bond acceptors (Lipinski definition) is 3. The molecular formula is C18H21FN2OS. The number of carbonyl (C=O) groups excluding carboxylic acids is 1. The minimum Gasteiger partial charge on any atom is -0.325 e. The van der Waals surface area contributed by atoms with Gasteiger partial charge < -0.3 is 10.2 Å². The molecule has 1 amide bonds. The summed E-state index contributed by atoms with van der Waals surface area (Å²) in [6.45, 7) is 1.33. The molecule has 0 radical (unpaired) electrons. The molecule has 0 spiro atoms. The molecule has 0 aliphatic rings. The Morgan fingerprint density at radius 2 is 1.87 bits per heavy atom. The minimum atomic E-state index is -0.233. The van der Waals surface area contributed by atoms with Crippen molar-refractivity contribution in [3.63, 3.8) is 0 Å². The predicted octanol–water partition coefficient (Wildman–Crippen LogP) is 4.01. The van der Waals surface area contributed by atoms with Gasteiger partial charge in [-0.15, -0.1) is 11.8 Å². The van der Waals surface area contributed by atoms with Gasteiger partial charge in [-0.3, -0.25) is 4.79 Å². The summed E-state index contributed by atoms with van der Waals surface area (Å²) >= 11 is 1.61. The van der Waals surface area contributed by atoms with E-state index >= 15 is 0 Å². The summed E-state index contributed by atoms with van der Waals surface area (Å²) in [5.41, 5.74) is 1.88. The third kappa shape index (κ3) is 5.69. The second-order valence-electron chi connectivity index (χ2n) is 5.36. The van der Waals surface area contributed by atoms with Gasteiger partial charge in [-0.25, -0.2) is 4.39 Å². The zero-order valence-corrected chi connectivity index (χ0v) is 14.2. The summed E-state index contributed by atoms with van der Waals surface area (Å²) in [5, 5.41) is 2.95. The van der Waals surface area contributed by atoms with Crippen LogP contribution in [-0.2, 0) is 11.3 Å². The van der Waals surface area contributed by atoms with Crippen LogP contribution in [0.25, 0.3) is 0 Å². The van der Waals surface area contributed by atoms with Gasteiger partial charge >= 0.3 is 0 Å². The number of halogens is 1. The average Bonchev–Trinajstić information content (AvgIpc) is 2.55. The van der Waals surface area contributed by atoms with Gasteiger partial charge in [0, 0.05) is 24.4 Å². The van der Waals surface area contributed by atoms with E-state index in [1.54, 1.807) is 23.9 Å². The van der Waals surface area contributed by atoms with Crippen LogP contribution >= 0.6 is 11.8 Å². The van der Waals surface area contributed by atoms with Crippen LogP contribution in [0, 0.1) is 5.82 Å². The van der Waals surface area contributed by atoms with E-state index in [0.29, 0.717) is 19.5 Å². The molecule has 0 heterocycles. The lowest BCUT2D eigenvalue weighted by molar-refractivity contribution is -0.116. The van der Waals surface area contributed by atoms with Crippen molar-refractivity contribution >= 4 is 23.4 Å².